The number of para-hydroxylation sites is 1. The van der Waals surface area contributed by atoms with Gasteiger partial charge in [0.05, 0.1) is 24.2 Å². The van der Waals surface area contributed by atoms with Crippen molar-refractivity contribution < 1.29 is 18.7 Å². The largest absolute Gasteiger partial charge is 0.497 e. The molecule has 1 amide bonds. The zero-order valence-corrected chi connectivity index (χ0v) is 18.2. The standard InChI is InChI=1S/C24H25ClN2O4/c1-29-19-8-4-6-17(12-19)13-20-14-26-24(31-20)18-7-5-11-27(15-18)23(28)16-30-22-10-3-2-9-21(22)25/h2-4,6,8-10,12,14,18H,5,7,11,13,15-16H2,1H3. The molecule has 0 spiro atoms. The SMILES string of the molecule is COc1cccc(Cc2cnc(C3CCCN(C(=O)COc4ccccc4Cl)C3)o2)c1. The van der Waals surface area contributed by atoms with E-state index in [2.05, 4.69) is 4.98 Å². The second-order valence-electron chi connectivity index (χ2n) is 7.59. The van der Waals surface area contributed by atoms with Crippen molar-refractivity contribution in [3.8, 4) is 11.5 Å². The highest BCUT2D eigenvalue weighted by Gasteiger charge is 2.28. The molecule has 1 unspecified atom stereocenters. The van der Waals surface area contributed by atoms with E-state index in [1.807, 2.05) is 41.3 Å². The third-order valence-corrected chi connectivity index (χ3v) is 5.71. The fourth-order valence-corrected chi connectivity index (χ4v) is 3.96. The van der Waals surface area contributed by atoms with Crippen LogP contribution in [0.5, 0.6) is 11.5 Å². The van der Waals surface area contributed by atoms with Crippen molar-refractivity contribution in [2.24, 2.45) is 0 Å². The van der Waals surface area contributed by atoms with Crippen LogP contribution >= 0.6 is 11.6 Å². The van der Waals surface area contributed by atoms with Gasteiger partial charge in [0, 0.05) is 19.5 Å². The molecule has 0 aliphatic carbocycles. The van der Waals surface area contributed by atoms with Gasteiger partial charge in [0.15, 0.2) is 12.5 Å². The minimum Gasteiger partial charge on any atom is -0.497 e. The highest BCUT2D eigenvalue weighted by atomic mass is 35.5. The Morgan fingerprint density at radius 3 is 2.97 bits per heavy atom. The van der Waals surface area contributed by atoms with Crippen molar-refractivity contribution in [2.75, 3.05) is 26.8 Å². The summed E-state index contributed by atoms with van der Waals surface area (Å²) in [4.78, 5) is 19.0. The number of oxazole rings is 1. The number of carbonyl (C=O) groups excluding carboxylic acids is 1. The van der Waals surface area contributed by atoms with Gasteiger partial charge >= 0.3 is 0 Å². The maximum atomic E-state index is 12.7. The van der Waals surface area contributed by atoms with Gasteiger partial charge in [-0.1, -0.05) is 35.9 Å². The number of hydrogen-bond acceptors (Lipinski definition) is 5. The average molecular weight is 441 g/mol. The first kappa shape index (κ1) is 21.2. The average Bonchev–Trinajstić information content (AvgIpc) is 3.27. The van der Waals surface area contributed by atoms with Crippen LogP contribution in [0.1, 0.15) is 36.0 Å². The predicted molar refractivity (Wildman–Crippen MR) is 118 cm³/mol. The monoisotopic (exact) mass is 440 g/mol. The lowest BCUT2D eigenvalue weighted by atomic mass is 9.98. The van der Waals surface area contributed by atoms with E-state index in [9.17, 15) is 4.79 Å². The van der Waals surface area contributed by atoms with E-state index < -0.39 is 0 Å². The Kier molecular flexibility index (Phi) is 6.77. The van der Waals surface area contributed by atoms with Crippen molar-refractivity contribution in [1.82, 2.24) is 9.88 Å². The molecule has 2 heterocycles. The molecule has 1 aliphatic rings. The van der Waals surface area contributed by atoms with Crippen LogP contribution in [0.15, 0.2) is 59.1 Å². The normalized spacial score (nSPS) is 16.2. The van der Waals surface area contributed by atoms with Crippen LogP contribution < -0.4 is 9.47 Å². The molecule has 1 aromatic heterocycles. The molecule has 0 saturated carbocycles. The lowest BCUT2D eigenvalue weighted by Gasteiger charge is -2.31. The highest BCUT2D eigenvalue weighted by molar-refractivity contribution is 6.32. The Bertz CT molecular complexity index is 1040. The van der Waals surface area contributed by atoms with Crippen LogP contribution in [0.2, 0.25) is 5.02 Å². The summed E-state index contributed by atoms with van der Waals surface area (Å²) in [6, 6.07) is 15.0. The van der Waals surface area contributed by atoms with Crippen LogP contribution in [0.3, 0.4) is 0 Å². The first-order chi connectivity index (χ1) is 15.1. The number of carbonyl (C=O) groups is 1. The maximum absolute atomic E-state index is 12.7. The Morgan fingerprint density at radius 1 is 1.26 bits per heavy atom. The number of ether oxygens (including phenoxy) is 2. The van der Waals surface area contributed by atoms with Crippen LogP contribution in [0, 0.1) is 0 Å². The number of likely N-dealkylation sites (tertiary alicyclic amines) is 1. The molecular weight excluding hydrogens is 416 g/mol. The van der Waals surface area contributed by atoms with Gasteiger partial charge in [-0.3, -0.25) is 4.79 Å². The van der Waals surface area contributed by atoms with Crippen molar-refractivity contribution in [3.05, 3.63) is 77.0 Å². The first-order valence-electron chi connectivity index (χ1n) is 10.3. The number of hydrogen-bond donors (Lipinski definition) is 0. The summed E-state index contributed by atoms with van der Waals surface area (Å²) in [7, 11) is 1.65. The topological polar surface area (TPSA) is 64.8 Å². The summed E-state index contributed by atoms with van der Waals surface area (Å²) in [6.45, 7) is 1.24. The molecular formula is C24H25ClN2O4. The van der Waals surface area contributed by atoms with E-state index in [4.69, 9.17) is 25.5 Å². The highest BCUT2D eigenvalue weighted by Crippen LogP contribution is 2.28. The van der Waals surface area contributed by atoms with E-state index >= 15 is 0 Å². The molecule has 2 aromatic carbocycles. The number of halogens is 1. The molecule has 162 valence electrons. The second kappa shape index (κ2) is 9.88. The fourth-order valence-electron chi connectivity index (χ4n) is 3.77. The van der Waals surface area contributed by atoms with Gasteiger partial charge in [0.25, 0.3) is 5.91 Å². The minimum atomic E-state index is -0.0622. The lowest BCUT2D eigenvalue weighted by Crippen LogP contribution is -2.41. The Balaban J connectivity index is 1.35. The fraction of sp³-hybridized carbons (Fsp3) is 0.333. The van der Waals surface area contributed by atoms with Crippen molar-refractivity contribution in [2.45, 2.75) is 25.2 Å². The summed E-state index contributed by atoms with van der Waals surface area (Å²) in [5, 5.41) is 0.496. The lowest BCUT2D eigenvalue weighted by molar-refractivity contribution is -0.134. The number of piperidine rings is 1. The maximum Gasteiger partial charge on any atom is 0.260 e. The quantitative estimate of drug-likeness (QED) is 0.532. The smallest absolute Gasteiger partial charge is 0.260 e. The third kappa shape index (κ3) is 5.39. The number of methoxy groups -OCH3 is 1. The zero-order valence-electron chi connectivity index (χ0n) is 17.4. The van der Waals surface area contributed by atoms with Crippen LogP contribution in [-0.4, -0.2) is 42.6 Å². The molecule has 7 heteroatoms. The summed E-state index contributed by atoms with van der Waals surface area (Å²) < 4.78 is 16.9. The Labute approximate surface area is 186 Å². The molecule has 0 radical (unpaired) electrons. The summed E-state index contributed by atoms with van der Waals surface area (Å²) in [5.41, 5.74) is 1.10. The van der Waals surface area contributed by atoms with E-state index in [1.165, 1.54) is 0 Å². The molecule has 31 heavy (non-hydrogen) atoms. The van der Waals surface area contributed by atoms with Gasteiger partial charge in [-0.25, -0.2) is 4.98 Å². The van der Waals surface area contributed by atoms with Gasteiger partial charge in [0.1, 0.15) is 17.3 Å². The van der Waals surface area contributed by atoms with Gasteiger partial charge < -0.3 is 18.8 Å². The van der Waals surface area contributed by atoms with E-state index in [0.717, 1.165) is 29.9 Å². The first-order valence-corrected chi connectivity index (χ1v) is 10.7. The molecule has 6 nitrogen and oxygen atoms in total. The Morgan fingerprint density at radius 2 is 2.13 bits per heavy atom. The third-order valence-electron chi connectivity index (χ3n) is 5.40. The summed E-state index contributed by atoms with van der Waals surface area (Å²) >= 11 is 6.10. The molecule has 3 aromatic rings. The summed E-state index contributed by atoms with van der Waals surface area (Å²) in [5.74, 6) is 2.83. The van der Waals surface area contributed by atoms with E-state index in [1.54, 1.807) is 25.4 Å². The molecule has 1 aliphatic heterocycles. The van der Waals surface area contributed by atoms with Gasteiger partial charge in [-0.05, 0) is 42.7 Å². The minimum absolute atomic E-state index is 0.0386. The van der Waals surface area contributed by atoms with Gasteiger partial charge in [-0.2, -0.15) is 0 Å². The number of rotatable bonds is 7. The number of benzene rings is 2. The number of aromatic nitrogens is 1. The molecule has 1 saturated heterocycles. The number of amides is 1. The van der Waals surface area contributed by atoms with Crippen molar-refractivity contribution >= 4 is 17.5 Å². The number of nitrogens with zero attached hydrogens (tertiary/aromatic N) is 2. The van der Waals surface area contributed by atoms with E-state index in [-0.39, 0.29) is 18.4 Å². The van der Waals surface area contributed by atoms with Crippen molar-refractivity contribution in [1.29, 1.82) is 0 Å². The molecule has 0 N–H and O–H groups in total. The van der Waals surface area contributed by atoms with Crippen molar-refractivity contribution in [3.63, 3.8) is 0 Å². The van der Waals surface area contributed by atoms with Gasteiger partial charge in [-0.15, -0.1) is 0 Å². The second-order valence-corrected chi connectivity index (χ2v) is 8.00. The summed E-state index contributed by atoms with van der Waals surface area (Å²) in [6.07, 6.45) is 4.26. The molecule has 0 bridgehead atoms. The predicted octanol–water partition coefficient (Wildman–Crippen LogP) is 4.71. The van der Waals surface area contributed by atoms with Crippen LogP contribution in [0.25, 0.3) is 0 Å². The van der Waals surface area contributed by atoms with Gasteiger partial charge in [0.2, 0.25) is 0 Å². The van der Waals surface area contributed by atoms with Crippen LogP contribution in [0.4, 0.5) is 0 Å². The molecule has 1 atom stereocenters. The molecule has 4 rings (SSSR count). The van der Waals surface area contributed by atoms with Crippen LogP contribution in [-0.2, 0) is 11.2 Å². The van der Waals surface area contributed by atoms with E-state index in [0.29, 0.717) is 36.2 Å². The molecule has 1 fully saturated rings. The zero-order chi connectivity index (χ0) is 21.6. The Hall–Kier alpha value is -2.99.